The maximum absolute atomic E-state index is 15.0. The number of nitrogens with zero attached hydrogens (tertiary/aromatic N) is 20. The monoisotopic (exact) mass is 2020 g/mol. The maximum Gasteiger partial charge on any atom is 0.413 e. The van der Waals surface area contributed by atoms with Gasteiger partial charge in [0.2, 0.25) is 5.91 Å². The Morgan fingerprint density at radius 1 is 0.570 bits per heavy atom. The van der Waals surface area contributed by atoms with Crippen LogP contribution in [0.1, 0.15) is 243 Å². The molecule has 5 amide bonds. The van der Waals surface area contributed by atoms with Crippen molar-refractivity contribution in [3.8, 4) is 68.8 Å². The molecule has 50 heteroatoms. The van der Waals surface area contributed by atoms with Crippen LogP contribution in [0.15, 0.2) is 140 Å². The average molecular weight is 2020 g/mol. The number of nitriles is 2. The van der Waals surface area contributed by atoms with Crippen molar-refractivity contribution in [2.24, 2.45) is 27.3 Å². The quantitative estimate of drug-likeness (QED) is 0.0248. The van der Waals surface area contributed by atoms with Crippen LogP contribution in [0.2, 0.25) is 5.02 Å². The molecule has 760 valence electrons. The number of benzene rings is 5. The molecule has 2 saturated heterocycles. The number of alkyl carbamates (subject to hydrolysis) is 1. The largest absolute Gasteiger partial charge is 0.463 e. The van der Waals surface area contributed by atoms with Gasteiger partial charge in [0.05, 0.1) is 95.9 Å². The molecule has 0 bridgehead atoms. The van der Waals surface area contributed by atoms with E-state index in [0.29, 0.717) is 52.1 Å². The molecule has 5 aromatic carbocycles. The molecule has 0 spiro atoms. The summed E-state index contributed by atoms with van der Waals surface area (Å²) in [6, 6.07) is 24.5. The summed E-state index contributed by atoms with van der Waals surface area (Å²) < 4.78 is 210. The van der Waals surface area contributed by atoms with Crippen LogP contribution >= 0.6 is 11.6 Å². The topological polar surface area (TPSA) is 452 Å². The number of aliphatic hydroxyl groups excluding tert-OH is 1. The molecule has 5 aromatic heterocycles. The fourth-order valence-corrected chi connectivity index (χ4v) is 16.0. The van der Waals surface area contributed by atoms with Gasteiger partial charge in [-0.15, -0.1) is 0 Å². The summed E-state index contributed by atoms with van der Waals surface area (Å²) >= 11 is 6.25. The van der Waals surface area contributed by atoms with Crippen LogP contribution in [0.4, 0.5) is 71.5 Å². The van der Waals surface area contributed by atoms with E-state index in [-0.39, 0.29) is 110 Å². The standard InChI is InChI=1S/C36H36F7N9O4.C20H23F2N5O3.C19H23ClF2N4O3.C17H19F2N5O3/c1-33(2,3)17-35(22-7-4-19(5-8-22)21-14-47-50(15-21)30(37)38)29(55)51(32(45)49-35)25(16-56-26(53)13-34(10-11-34)36(41,42)43)20-6-9-23(27(44)54)24(12-20)28-46-18-48-52(28)31(39)40;1-19(2,3)30-18(28)26-15(10-29-20(26,4)5)12-6-7-13(9-23)14(8-12)16-24-11-25-27(16)17(21)22;1-18(2,3)29-17(27)25-14(9-28-19(25,4)5)11-6-7-13(20)12(8-11)15-23-10-24-26(15)16(21)22;1-17(2,3)27-16(26)23-13(8-25)10-4-5-11(7-20)12(6-10)14-21-9-22-24(14)15(18)19/h4-9,12,14-15,18,25,30-31H,10-11,13,16-17H2,1-3H3,(H2,44,54)(H2,45,49);6-8,11,15,17H,10H2,1-5H3;6-8,10,14,16H,9H2,1-5H3;4-6,9,13,15,25H,8H2,1-3H3,(H,23,26)/t25-,35-;15-;14-;13-/m1111/s1. The van der Waals surface area contributed by atoms with Crippen LogP contribution in [0.5, 0.6) is 0 Å². The molecule has 142 heavy (non-hydrogen) atoms. The normalized spacial score (nSPS) is 17.6. The highest BCUT2D eigenvalue weighted by molar-refractivity contribution is 6.33. The van der Waals surface area contributed by atoms with Gasteiger partial charge in [-0.05, 0) is 197 Å². The lowest BCUT2D eigenvalue weighted by molar-refractivity contribution is -0.195. The van der Waals surface area contributed by atoms with E-state index in [1.54, 1.807) is 145 Å². The summed E-state index contributed by atoms with van der Waals surface area (Å²) in [5, 5.41) is 48.8. The van der Waals surface area contributed by atoms with Gasteiger partial charge in [-0.2, -0.15) is 112 Å². The Bertz CT molecular complexity index is 6380. The number of amides is 5. The van der Waals surface area contributed by atoms with Crippen LogP contribution in [0, 0.1) is 33.5 Å². The minimum Gasteiger partial charge on any atom is -0.463 e. The SMILES string of the molecule is CC(C)(C)C[C@]1(c2ccc(-c3cnn(C(F)F)c3)cc2)N=C(N)N([C@H](COC(=O)CC2(C(F)(F)F)CC2)c2ccc(C(N)=O)c(-c3ncnn3C(F)F)c2)C1=O.CC(C)(C)OC(=O)N1[C@@H](c2ccc(C#N)c(-c3ncnn3C(F)F)c2)COC1(C)C.CC(C)(C)OC(=O)N1[C@@H](c2ccc(Cl)c(-c3ncnn3C(F)F)c2)COC1(C)C.CC(C)(C)OC(=O)N[C@H](CO)c1ccc(C#N)c(-c2ncnn2C(F)F)c1. The number of esters is 1. The summed E-state index contributed by atoms with van der Waals surface area (Å²) in [7, 11) is 0. The first-order valence-corrected chi connectivity index (χ1v) is 43.9. The van der Waals surface area contributed by atoms with Crippen LogP contribution in [0.25, 0.3) is 56.7 Å². The summed E-state index contributed by atoms with van der Waals surface area (Å²) in [6.45, 7) is 12.6. The van der Waals surface area contributed by atoms with Crippen LogP contribution in [-0.2, 0) is 43.5 Å². The average Bonchev–Trinajstić information content (AvgIpc) is 1.58. The number of ether oxygens (including phenoxy) is 6. The highest BCUT2D eigenvalue weighted by atomic mass is 35.5. The molecule has 0 radical (unpaired) electrons. The van der Waals surface area contributed by atoms with Gasteiger partial charge in [0.15, 0.2) is 34.8 Å². The van der Waals surface area contributed by atoms with Gasteiger partial charge in [-0.25, -0.2) is 44.0 Å². The Morgan fingerprint density at radius 2 is 1.01 bits per heavy atom. The van der Waals surface area contributed by atoms with Gasteiger partial charge in [0, 0.05) is 34.0 Å². The van der Waals surface area contributed by atoms with Crippen molar-refractivity contribution >= 4 is 53.6 Å². The lowest BCUT2D eigenvalue weighted by Gasteiger charge is -2.35. The smallest absolute Gasteiger partial charge is 0.413 e. The molecule has 6 N–H and O–H groups in total. The van der Waals surface area contributed by atoms with Crippen LogP contribution in [-0.4, -0.2) is 192 Å². The zero-order chi connectivity index (χ0) is 105. The minimum atomic E-state index is -4.67. The Balaban J connectivity index is 0.000000192. The predicted octanol–water partition coefficient (Wildman–Crippen LogP) is 18.6. The van der Waals surface area contributed by atoms with Gasteiger partial charge < -0.3 is 50.3 Å². The zero-order valence-electron chi connectivity index (χ0n) is 79.3. The number of nitrogens with two attached hydrogens (primary N) is 2. The van der Waals surface area contributed by atoms with Crippen LogP contribution in [0.3, 0.4) is 0 Å². The fourth-order valence-electron chi connectivity index (χ4n) is 15.8. The third kappa shape index (κ3) is 24.8. The van der Waals surface area contributed by atoms with E-state index < -0.39 is 169 Å². The van der Waals surface area contributed by atoms with E-state index in [4.69, 9.17) is 51.5 Å². The summed E-state index contributed by atoms with van der Waals surface area (Å²) in [6.07, 6.45) is -1.78. The highest BCUT2D eigenvalue weighted by Gasteiger charge is 2.64. The number of aromatic nitrogens is 14. The van der Waals surface area contributed by atoms with Crippen molar-refractivity contribution in [3.63, 3.8) is 0 Å². The number of aliphatic imine (C=N–C) groups is 1. The molecule has 0 unspecified atom stereocenters. The van der Waals surface area contributed by atoms with Crippen molar-refractivity contribution in [1.29, 1.82) is 10.5 Å². The van der Waals surface area contributed by atoms with Crippen molar-refractivity contribution in [3.05, 3.63) is 184 Å². The number of halogens is 14. The van der Waals surface area contributed by atoms with Crippen molar-refractivity contribution in [2.45, 2.75) is 233 Å². The summed E-state index contributed by atoms with van der Waals surface area (Å²) in [5.74, 6) is -4.25. The van der Waals surface area contributed by atoms with Gasteiger partial charge >= 0.3 is 63.2 Å². The zero-order valence-corrected chi connectivity index (χ0v) is 80.0. The second-order valence-electron chi connectivity index (χ2n) is 38.1. The number of alkyl halides is 13. The molecule has 36 nitrogen and oxygen atoms in total. The third-order valence-corrected chi connectivity index (χ3v) is 22.6. The minimum absolute atomic E-state index is 0.0306. The molecule has 1 aliphatic carbocycles. The first-order chi connectivity index (χ1) is 66.2. The Kier molecular flexibility index (Phi) is 32.2. The Hall–Kier alpha value is -14.2. The van der Waals surface area contributed by atoms with Gasteiger partial charge in [-0.3, -0.25) is 29.1 Å². The Labute approximate surface area is 809 Å². The van der Waals surface area contributed by atoms with Gasteiger partial charge in [0.1, 0.15) is 60.2 Å². The van der Waals surface area contributed by atoms with E-state index >= 15 is 0 Å². The number of hydrogen-bond acceptors (Lipinski definition) is 26. The number of guanidine groups is 1. The molecular weight excluding hydrogens is 1920 g/mol. The third-order valence-electron chi connectivity index (χ3n) is 22.3. The molecule has 3 fully saturated rings. The molecule has 1 saturated carbocycles. The number of hydrogen-bond donors (Lipinski definition) is 4. The number of carbonyl (C=O) groups excluding carboxylic acids is 6. The van der Waals surface area contributed by atoms with Crippen molar-refractivity contribution in [1.82, 2.24) is 88.9 Å². The fraction of sp³-hybridized carbons (Fsp3) is 0.457. The predicted molar refractivity (Wildman–Crippen MR) is 480 cm³/mol. The van der Waals surface area contributed by atoms with Gasteiger partial charge in [-0.1, -0.05) is 80.9 Å². The molecular formula is C92H101ClF13N23O13. The number of carbonyl (C=O) groups is 6. The molecule has 4 aliphatic rings. The van der Waals surface area contributed by atoms with E-state index in [9.17, 15) is 101 Å². The second-order valence-corrected chi connectivity index (χ2v) is 38.5. The highest BCUT2D eigenvalue weighted by Crippen LogP contribution is 2.60. The molecule has 5 atom stereocenters. The number of nitrogens with one attached hydrogen (secondary N) is 1. The Morgan fingerprint density at radius 3 is 1.43 bits per heavy atom. The van der Waals surface area contributed by atoms with E-state index in [1.807, 2.05) is 32.9 Å². The second kappa shape index (κ2) is 42.3. The summed E-state index contributed by atoms with van der Waals surface area (Å²) in [5.41, 5.74) is 6.75. The molecule has 8 heterocycles. The molecule has 14 rings (SSSR count). The lowest BCUT2D eigenvalue weighted by atomic mass is 9.75. The maximum atomic E-state index is 15.0. The van der Waals surface area contributed by atoms with Crippen LogP contribution < -0.4 is 16.8 Å². The van der Waals surface area contributed by atoms with Crippen molar-refractivity contribution < 1.29 is 119 Å². The first-order valence-electron chi connectivity index (χ1n) is 43.5. The number of rotatable bonds is 24. The van der Waals surface area contributed by atoms with E-state index in [2.05, 4.69) is 55.7 Å². The lowest BCUT2D eigenvalue weighted by Crippen LogP contribution is -2.47. The number of aliphatic hydroxyl groups is 1. The van der Waals surface area contributed by atoms with Crippen molar-refractivity contribution in [2.75, 3.05) is 26.4 Å². The summed E-state index contributed by atoms with van der Waals surface area (Å²) in [4.78, 5) is 102. The first kappa shape index (κ1) is 108. The van der Waals surface area contributed by atoms with E-state index in [0.717, 1.165) is 36.4 Å². The molecule has 10 aromatic rings. The molecule has 3 aliphatic heterocycles. The number of primary amides is 1. The van der Waals surface area contributed by atoms with Gasteiger partial charge in [0.25, 0.3) is 5.91 Å². The van der Waals surface area contributed by atoms with E-state index in [1.165, 1.54) is 58.5 Å².